The van der Waals surface area contributed by atoms with Crippen LogP contribution >= 0.6 is 0 Å². The van der Waals surface area contributed by atoms with E-state index >= 15 is 0 Å². The van der Waals surface area contributed by atoms with Crippen molar-refractivity contribution in [2.45, 2.75) is 38.7 Å². The molecule has 0 aromatic heterocycles. The van der Waals surface area contributed by atoms with Crippen molar-refractivity contribution in [3.8, 4) is 0 Å². The number of carbonyl (C=O) groups excluding carboxylic acids is 1. The fraction of sp³-hybridized carbons (Fsp3) is 0.917. The minimum absolute atomic E-state index is 0.431. The van der Waals surface area contributed by atoms with Gasteiger partial charge in [0.05, 0.1) is 6.10 Å². The Labute approximate surface area is 91.8 Å². The van der Waals surface area contributed by atoms with E-state index in [0.717, 1.165) is 45.5 Å². The average molecular weight is 211 g/mol. The highest BCUT2D eigenvalue weighted by molar-refractivity contribution is 5.79. The molecule has 2 fully saturated rings. The zero-order chi connectivity index (χ0) is 10.7. The first-order chi connectivity index (χ1) is 7.29. The van der Waals surface area contributed by atoms with Gasteiger partial charge in [0.1, 0.15) is 5.78 Å². The molecule has 2 heterocycles. The van der Waals surface area contributed by atoms with Gasteiger partial charge < -0.3 is 9.64 Å². The number of likely N-dealkylation sites (tertiary alicyclic amines) is 1. The third-order valence-corrected chi connectivity index (χ3v) is 3.66. The van der Waals surface area contributed by atoms with Crippen LogP contribution in [0.3, 0.4) is 0 Å². The van der Waals surface area contributed by atoms with E-state index in [4.69, 9.17) is 4.74 Å². The molecule has 0 aliphatic carbocycles. The molecule has 0 bridgehead atoms. The van der Waals surface area contributed by atoms with E-state index in [-0.39, 0.29) is 0 Å². The van der Waals surface area contributed by atoms with Crippen molar-refractivity contribution < 1.29 is 9.53 Å². The first kappa shape index (κ1) is 11.1. The predicted octanol–water partition coefficient (Wildman–Crippen LogP) is 1.47. The number of ether oxygens (including phenoxy) is 1. The number of rotatable bonds is 3. The van der Waals surface area contributed by atoms with Gasteiger partial charge in [-0.3, -0.25) is 4.79 Å². The Kier molecular flexibility index (Phi) is 3.76. The van der Waals surface area contributed by atoms with Crippen LogP contribution < -0.4 is 0 Å². The van der Waals surface area contributed by atoms with Crippen LogP contribution in [0.1, 0.15) is 32.6 Å². The first-order valence-corrected chi connectivity index (χ1v) is 6.15. The topological polar surface area (TPSA) is 29.5 Å². The van der Waals surface area contributed by atoms with Crippen LogP contribution in [0.15, 0.2) is 0 Å². The van der Waals surface area contributed by atoms with E-state index in [0.29, 0.717) is 17.8 Å². The highest BCUT2D eigenvalue weighted by Crippen LogP contribution is 2.25. The summed E-state index contributed by atoms with van der Waals surface area (Å²) in [5, 5.41) is 0. The van der Waals surface area contributed by atoms with Crippen LogP contribution in [0.25, 0.3) is 0 Å². The van der Waals surface area contributed by atoms with Crippen molar-refractivity contribution in [1.82, 2.24) is 4.90 Å². The summed E-state index contributed by atoms with van der Waals surface area (Å²) in [4.78, 5) is 13.5. The second-order valence-corrected chi connectivity index (χ2v) is 4.71. The molecule has 0 amide bonds. The van der Waals surface area contributed by atoms with Gasteiger partial charge in [-0.05, 0) is 18.8 Å². The Morgan fingerprint density at radius 3 is 2.80 bits per heavy atom. The summed E-state index contributed by atoms with van der Waals surface area (Å²) in [7, 11) is 0. The van der Waals surface area contributed by atoms with Crippen molar-refractivity contribution in [1.29, 1.82) is 0 Å². The largest absolute Gasteiger partial charge is 0.378 e. The molecular weight excluding hydrogens is 190 g/mol. The van der Waals surface area contributed by atoms with Gasteiger partial charge in [0.2, 0.25) is 0 Å². The number of hydrogen-bond acceptors (Lipinski definition) is 3. The zero-order valence-corrected chi connectivity index (χ0v) is 9.58. The number of piperidine rings is 1. The number of ketones is 1. The van der Waals surface area contributed by atoms with Gasteiger partial charge in [0, 0.05) is 39.1 Å². The third kappa shape index (κ3) is 2.79. The highest BCUT2D eigenvalue weighted by atomic mass is 16.5. The lowest BCUT2D eigenvalue weighted by molar-refractivity contribution is -0.121. The van der Waals surface area contributed by atoms with E-state index in [1.54, 1.807) is 0 Å². The molecule has 15 heavy (non-hydrogen) atoms. The normalized spacial score (nSPS) is 33.5. The average Bonchev–Trinajstić information content (AvgIpc) is 2.69. The molecular formula is C12H21NO2. The molecule has 2 aliphatic heterocycles. The summed E-state index contributed by atoms with van der Waals surface area (Å²) in [5.74, 6) is 1.13. The molecule has 0 radical (unpaired) electrons. The molecule has 2 saturated heterocycles. The van der Waals surface area contributed by atoms with E-state index < -0.39 is 0 Å². The summed E-state index contributed by atoms with van der Waals surface area (Å²) in [6.07, 6.45) is 4.29. The molecule has 0 N–H and O–H groups in total. The summed E-state index contributed by atoms with van der Waals surface area (Å²) >= 11 is 0. The van der Waals surface area contributed by atoms with Crippen molar-refractivity contribution in [3.05, 3.63) is 0 Å². The molecule has 2 rings (SSSR count). The molecule has 2 aliphatic rings. The highest BCUT2D eigenvalue weighted by Gasteiger charge is 2.29. The molecule has 0 saturated carbocycles. The van der Waals surface area contributed by atoms with Crippen LogP contribution in [0.5, 0.6) is 0 Å². The van der Waals surface area contributed by atoms with Crippen LogP contribution in [0.4, 0.5) is 0 Å². The maximum absolute atomic E-state index is 11.1. The van der Waals surface area contributed by atoms with Gasteiger partial charge in [-0.2, -0.15) is 0 Å². The van der Waals surface area contributed by atoms with E-state index in [1.807, 2.05) is 0 Å². The molecule has 2 atom stereocenters. The van der Waals surface area contributed by atoms with Crippen LogP contribution in [-0.4, -0.2) is 43.0 Å². The lowest BCUT2D eigenvalue weighted by Crippen LogP contribution is -2.39. The Balaban J connectivity index is 1.78. The van der Waals surface area contributed by atoms with Crippen molar-refractivity contribution in [2.75, 3.05) is 26.2 Å². The smallest absolute Gasteiger partial charge is 0.135 e. The number of carbonyl (C=O) groups is 1. The standard InChI is InChI=1S/C12H21NO2/c1-2-12-10(5-8-15-12)9-13-6-3-11(14)4-7-13/h10,12H,2-9H2,1H3. The molecule has 2 unspecified atom stereocenters. The molecule has 3 nitrogen and oxygen atoms in total. The number of hydrogen-bond donors (Lipinski definition) is 0. The molecule has 86 valence electrons. The minimum atomic E-state index is 0.431. The zero-order valence-electron chi connectivity index (χ0n) is 9.58. The third-order valence-electron chi connectivity index (χ3n) is 3.66. The molecule has 0 aromatic carbocycles. The SMILES string of the molecule is CCC1OCCC1CN1CCC(=O)CC1. The fourth-order valence-electron chi connectivity index (χ4n) is 2.67. The second kappa shape index (κ2) is 5.08. The van der Waals surface area contributed by atoms with Gasteiger partial charge in [0.25, 0.3) is 0 Å². The summed E-state index contributed by atoms with van der Waals surface area (Å²) in [5.41, 5.74) is 0. The van der Waals surface area contributed by atoms with Crippen LogP contribution in [-0.2, 0) is 9.53 Å². The molecule has 0 spiro atoms. The van der Waals surface area contributed by atoms with Crippen molar-refractivity contribution >= 4 is 5.78 Å². The second-order valence-electron chi connectivity index (χ2n) is 4.71. The number of nitrogens with zero attached hydrogens (tertiary/aromatic N) is 1. The lowest BCUT2D eigenvalue weighted by Gasteiger charge is -2.29. The van der Waals surface area contributed by atoms with Crippen molar-refractivity contribution in [3.63, 3.8) is 0 Å². The quantitative estimate of drug-likeness (QED) is 0.708. The predicted molar refractivity (Wildman–Crippen MR) is 58.8 cm³/mol. The Morgan fingerprint density at radius 1 is 1.40 bits per heavy atom. The Hall–Kier alpha value is -0.410. The summed E-state index contributed by atoms with van der Waals surface area (Å²) in [6.45, 7) is 6.18. The van der Waals surface area contributed by atoms with E-state index in [2.05, 4.69) is 11.8 Å². The molecule has 0 aromatic rings. The van der Waals surface area contributed by atoms with Gasteiger partial charge in [-0.25, -0.2) is 0 Å². The van der Waals surface area contributed by atoms with Gasteiger partial charge in [-0.15, -0.1) is 0 Å². The van der Waals surface area contributed by atoms with E-state index in [1.165, 1.54) is 6.42 Å². The lowest BCUT2D eigenvalue weighted by atomic mass is 9.97. The Morgan fingerprint density at radius 2 is 2.13 bits per heavy atom. The monoisotopic (exact) mass is 211 g/mol. The van der Waals surface area contributed by atoms with Gasteiger partial charge >= 0.3 is 0 Å². The minimum Gasteiger partial charge on any atom is -0.378 e. The molecule has 3 heteroatoms. The van der Waals surface area contributed by atoms with Crippen molar-refractivity contribution in [2.24, 2.45) is 5.92 Å². The summed E-state index contributed by atoms with van der Waals surface area (Å²) in [6, 6.07) is 0. The first-order valence-electron chi connectivity index (χ1n) is 6.15. The maximum Gasteiger partial charge on any atom is 0.135 e. The van der Waals surface area contributed by atoms with Gasteiger partial charge in [-0.1, -0.05) is 6.92 Å². The van der Waals surface area contributed by atoms with E-state index in [9.17, 15) is 4.79 Å². The fourth-order valence-corrected chi connectivity index (χ4v) is 2.67. The Bertz CT molecular complexity index is 220. The maximum atomic E-state index is 11.1. The van der Waals surface area contributed by atoms with Crippen LogP contribution in [0, 0.1) is 5.92 Å². The van der Waals surface area contributed by atoms with Gasteiger partial charge in [0.15, 0.2) is 0 Å². The summed E-state index contributed by atoms with van der Waals surface area (Å²) < 4.78 is 5.68. The van der Waals surface area contributed by atoms with Crippen LogP contribution in [0.2, 0.25) is 0 Å². The number of Topliss-reactive ketones (excluding diaryl/α,β-unsaturated/α-hetero) is 1.